The van der Waals surface area contributed by atoms with Gasteiger partial charge in [-0.2, -0.15) is 4.98 Å². The minimum Gasteiger partial charge on any atom is -0.334 e. The monoisotopic (exact) mass is 281 g/mol. The zero-order valence-electron chi connectivity index (χ0n) is 11.7. The van der Waals surface area contributed by atoms with Gasteiger partial charge in [-0.15, -0.1) is 0 Å². The SMILES string of the molecule is CC(N)c1noc(-c2cc3cccnc3nc2C2CC2)n1. The van der Waals surface area contributed by atoms with E-state index in [0.29, 0.717) is 17.6 Å². The summed E-state index contributed by atoms with van der Waals surface area (Å²) >= 11 is 0. The number of hydrogen-bond acceptors (Lipinski definition) is 6. The number of hydrogen-bond donors (Lipinski definition) is 1. The van der Waals surface area contributed by atoms with Crippen LogP contribution in [0.1, 0.15) is 43.2 Å². The van der Waals surface area contributed by atoms with Crippen molar-refractivity contribution in [3.63, 3.8) is 0 Å². The number of aromatic nitrogens is 4. The molecule has 0 bridgehead atoms. The van der Waals surface area contributed by atoms with E-state index in [1.165, 1.54) is 0 Å². The summed E-state index contributed by atoms with van der Waals surface area (Å²) in [6.07, 6.45) is 4.05. The zero-order valence-corrected chi connectivity index (χ0v) is 11.7. The van der Waals surface area contributed by atoms with E-state index in [2.05, 4.69) is 15.1 Å². The molecule has 4 rings (SSSR count). The van der Waals surface area contributed by atoms with Gasteiger partial charge < -0.3 is 10.3 Å². The van der Waals surface area contributed by atoms with Gasteiger partial charge >= 0.3 is 0 Å². The lowest BCUT2D eigenvalue weighted by atomic mass is 10.1. The molecule has 1 aliphatic carbocycles. The highest BCUT2D eigenvalue weighted by atomic mass is 16.5. The van der Waals surface area contributed by atoms with Crippen LogP contribution in [0.5, 0.6) is 0 Å². The van der Waals surface area contributed by atoms with E-state index in [9.17, 15) is 0 Å². The summed E-state index contributed by atoms with van der Waals surface area (Å²) in [5.74, 6) is 1.47. The van der Waals surface area contributed by atoms with Crippen molar-refractivity contribution in [1.29, 1.82) is 0 Å². The minimum absolute atomic E-state index is 0.248. The molecule has 0 radical (unpaired) electrons. The smallest absolute Gasteiger partial charge is 0.259 e. The highest BCUT2D eigenvalue weighted by Gasteiger charge is 2.30. The normalized spacial score (nSPS) is 16.3. The minimum atomic E-state index is -0.248. The van der Waals surface area contributed by atoms with Crippen LogP contribution in [-0.2, 0) is 0 Å². The summed E-state index contributed by atoms with van der Waals surface area (Å²) in [5.41, 5.74) is 8.46. The first kappa shape index (κ1) is 12.4. The third-order valence-electron chi connectivity index (χ3n) is 3.66. The summed E-state index contributed by atoms with van der Waals surface area (Å²) < 4.78 is 5.38. The molecule has 0 saturated heterocycles. The van der Waals surface area contributed by atoms with Gasteiger partial charge in [0.25, 0.3) is 5.89 Å². The quantitative estimate of drug-likeness (QED) is 0.793. The molecule has 21 heavy (non-hydrogen) atoms. The summed E-state index contributed by atoms with van der Waals surface area (Å²) in [4.78, 5) is 13.4. The van der Waals surface area contributed by atoms with Gasteiger partial charge in [-0.1, -0.05) is 5.16 Å². The van der Waals surface area contributed by atoms with Gasteiger partial charge in [0.1, 0.15) is 0 Å². The molecule has 3 aromatic heterocycles. The van der Waals surface area contributed by atoms with Crippen molar-refractivity contribution in [2.24, 2.45) is 5.73 Å². The summed E-state index contributed by atoms with van der Waals surface area (Å²) in [5, 5.41) is 4.91. The van der Waals surface area contributed by atoms with Crippen molar-refractivity contribution in [3.05, 3.63) is 35.9 Å². The zero-order chi connectivity index (χ0) is 14.4. The van der Waals surface area contributed by atoms with Crippen LogP contribution in [0, 0.1) is 0 Å². The second-order valence-electron chi connectivity index (χ2n) is 5.49. The van der Waals surface area contributed by atoms with Crippen LogP contribution in [0.15, 0.2) is 28.9 Å². The molecule has 0 aliphatic heterocycles. The fourth-order valence-electron chi connectivity index (χ4n) is 2.39. The molecular weight excluding hydrogens is 266 g/mol. The first-order valence-corrected chi connectivity index (χ1v) is 7.07. The lowest BCUT2D eigenvalue weighted by molar-refractivity contribution is 0.418. The standard InChI is InChI=1S/C15H15N5O/c1-8(16)13-19-15(21-20-13)11-7-10-3-2-6-17-14(10)18-12(11)9-4-5-9/h2-3,6-9H,4-5,16H2,1H3. The van der Waals surface area contributed by atoms with Crippen LogP contribution >= 0.6 is 0 Å². The number of pyridine rings is 2. The molecule has 106 valence electrons. The van der Waals surface area contributed by atoms with E-state index >= 15 is 0 Å². The number of rotatable bonds is 3. The van der Waals surface area contributed by atoms with Gasteiger partial charge in [0, 0.05) is 17.5 Å². The molecule has 1 unspecified atom stereocenters. The molecule has 1 atom stereocenters. The van der Waals surface area contributed by atoms with Gasteiger partial charge in [0.2, 0.25) is 0 Å². The molecule has 3 aromatic rings. The molecule has 6 heteroatoms. The molecule has 0 aromatic carbocycles. The predicted octanol–water partition coefficient (Wildman–Crippen LogP) is 2.58. The molecular formula is C15H15N5O. The van der Waals surface area contributed by atoms with Crippen LogP contribution in [0.3, 0.4) is 0 Å². The van der Waals surface area contributed by atoms with E-state index < -0.39 is 0 Å². The Kier molecular flexibility index (Phi) is 2.71. The van der Waals surface area contributed by atoms with Gasteiger partial charge in [0.05, 0.1) is 17.3 Å². The maximum atomic E-state index is 5.80. The Labute approximate surface area is 121 Å². The van der Waals surface area contributed by atoms with Crippen molar-refractivity contribution in [2.75, 3.05) is 0 Å². The molecule has 1 saturated carbocycles. The molecule has 2 N–H and O–H groups in total. The van der Waals surface area contributed by atoms with E-state index in [4.69, 9.17) is 15.2 Å². The summed E-state index contributed by atoms with van der Waals surface area (Å²) in [6.45, 7) is 1.83. The molecule has 0 spiro atoms. The first-order valence-electron chi connectivity index (χ1n) is 7.07. The third-order valence-corrected chi connectivity index (χ3v) is 3.66. The van der Waals surface area contributed by atoms with Crippen LogP contribution in [-0.4, -0.2) is 20.1 Å². The molecule has 0 amide bonds. The number of nitrogens with two attached hydrogens (primary N) is 1. The van der Waals surface area contributed by atoms with Gasteiger partial charge in [-0.05, 0) is 38.0 Å². The van der Waals surface area contributed by atoms with Crippen molar-refractivity contribution < 1.29 is 4.52 Å². The van der Waals surface area contributed by atoms with Crippen molar-refractivity contribution in [1.82, 2.24) is 20.1 Å². The number of fused-ring (bicyclic) bond motifs is 1. The average Bonchev–Trinajstić information content (AvgIpc) is 3.22. The highest BCUT2D eigenvalue weighted by molar-refractivity contribution is 5.80. The van der Waals surface area contributed by atoms with Crippen LogP contribution in [0.4, 0.5) is 0 Å². The van der Waals surface area contributed by atoms with Gasteiger partial charge in [-0.3, -0.25) is 0 Å². The first-order chi connectivity index (χ1) is 10.2. The highest BCUT2D eigenvalue weighted by Crippen LogP contribution is 2.43. The van der Waals surface area contributed by atoms with Crippen LogP contribution < -0.4 is 5.73 Å². The predicted molar refractivity (Wildman–Crippen MR) is 77.4 cm³/mol. The van der Waals surface area contributed by atoms with Crippen molar-refractivity contribution in [3.8, 4) is 11.5 Å². The van der Waals surface area contributed by atoms with Crippen LogP contribution in [0.2, 0.25) is 0 Å². The third kappa shape index (κ3) is 2.17. The van der Waals surface area contributed by atoms with E-state index in [1.807, 2.05) is 25.1 Å². The summed E-state index contributed by atoms with van der Waals surface area (Å²) in [6, 6.07) is 5.66. The molecule has 3 heterocycles. The average molecular weight is 281 g/mol. The van der Waals surface area contributed by atoms with Gasteiger partial charge in [-0.25, -0.2) is 9.97 Å². The van der Waals surface area contributed by atoms with Gasteiger partial charge in [0.15, 0.2) is 11.5 Å². The molecule has 1 fully saturated rings. The van der Waals surface area contributed by atoms with E-state index in [1.54, 1.807) is 6.20 Å². The molecule has 6 nitrogen and oxygen atoms in total. The Balaban J connectivity index is 1.90. The fourth-order valence-corrected chi connectivity index (χ4v) is 2.39. The lowest BCUT2D eigenvalue weighted by Crippen LogP contribution is -2.06. The Hall–Kier alpha value is -2.34. The Morgan fingerprint density at radius 1 is 1.33 bits per heavy atom. The summed E-state index contributed by atoms with van der Waals surface area (Å²) in [7, 11) is 0. The van der Waals surface area contributed by atoms with E-state index in [-0.39, 0.29) is 6.04 Å². The van der Waals surface area contributed by atoms with Crippen LogP contribution in [0.25, 0.3) is 22.5 Å². The molecule has 1 aliphatic rings. The Morgan fingerprint density at radius 2 is 2.19 bits per heavy atom. The lowest BCUT2D eigenvalue weighted by Gasteiger charge is -2.06. The second kappa shape index (κ2) is 4.60. The number of nitrogens with zero attached hydrogens (tertiary/aromatic N) is 4. The second-order valence-corrected chi connectivity index (χ2v) is 5.49. The Morgan fingerprint density at radius 3 is 2.90 bits per heavy atom. The largest absolute Gasteiger partial charge is 0.334 e. The van der Waals surface area contributed by atoms with E-state index in [0.717, 1.165) is 35.1 Å². The Bertz CT molecular complexity index is 807. The van der Waals surface area contributed by atoms with Crippen molar-refractivity contribution in [2.45, 2.75) is 31.7 Å². The maximum Gasteiger partial charge on any atom is 0.259 e. The topological polar surface area (TPSA) is 90.7 Å². The maximum absolute atomic E-state index is 5.80. The fraction of sp³-hybridized carbons (Fsp3) is 0.333. The van der Waals surface area contributed by atoms with Crippen molar-refractivity contribution >= 4 is 11.0 Å².